The second kappa shape index (κ2) is 4.94. The Hall–Kier alpha value is -2.11. The highest BCUT2D eigenvalue weighted by molar-refractivity contribution is 5.57. The third-order valence-corrected chi connectivity index (χ3v) is 2.04. The van der Waals surface area contributed by atoms with Crippen molar-refractivity contribution in [3.05, 3.63) is 39.3 Å². The standard InChI is InChI=1S/C11H12N4/c1-8-6-10(4-3-5-14-15-13)7-9(2)11(8)12/h6-7H,5,12H2,1-2H3. The molecule has 1 rings (SSSR count). The van der Waals surface area contributed by atoms with E-state index < -0.39 is 0 Å². The molecule has 0 saturated heterocycles. The molecule has 0 radical (unpaired) electrons. The van der Waals surface area contributed by atoms with Gasteiger partial charge in [-0.05, 0) is 42.6 Å². The van der Waals surface area contributed by atoms with Crippen molar-refractivity contribution in [1.82, 2.24) is 0 Å². The number of rotatable bonds is 1. The maximum atomic E-state index is 8.06. The van der Waals surface area contributed by atoms with E-state index in [-0.39, 0.29) is 6.54 Å². The number of hydrogen-bond acceptors (Lipinski definition) is 2. The molecule has 0 aliphatic rings. The van der Waals surface area contributed by atoms with Gasteiger partial charge in [-0.15, -0.1) is 0 Å². The molecule has 0 saturated carbocycles. The zero-order valence-electron chi connectivity index (χ0n) is 8.78. The first-order valence-electron chi connectivity index (χ1n) is 4.51. The van der Waals surface area contributed by atoms with Gasteiger partial charge < -0.3 is 5.73 Å². The minimum absolute atomic E-state index is 0.193. The molecule has 0 spiro atoms. The van der Waals surface area contributed by atoms with Gasteiger partial charge in [-0.25, -0.2) is 0 Å². The van der Waals surface area contributed by atoms with Crippen LogP contribution in [-0.2, 0) is 0 Å². The van der Waals surface area contributed by atoms with Crippen molar-refractivity contribution in [2.45, 2.75) is 13.8 Å². The molecule has 0 atom stereocenters. The molecular formula is C11H12N4. The summed E-state index contributed by atoms with van der Waals surface area (Å²) in [6.45, 7) is 4.08. The largest absolute Gasteiger partial charge is 0.398 e. The number of nitrogens with two attached hydrogens (primary N) is 1. The van der Waals surface area contributed by atoms with E-state index in [1.807, 2.05) is 26.0 Å². The lowest BCUT2D eigenvalue weighted by Gasteiger charge is -2.04. The highest BCUT2D eigenvalue weighted by Crippen LogP contribution is 2.17. The van der Waals surface area contributed by atoms with Crippen LogP contribution in [0.3, 0.4) is 0 Å². The number of aryl methyl sites for hydroxylation is 2. The molecule has 0 unspecified atom stereocenters. The van der Waals surface area contributed by atoms with Crippen LogP contribution in [0.15, 0.2) is 17.2 Å². The summed E-state index contributed by atoms with van der Waals surface area (Å²) in [7, 11) is 0. The minimum Gasteiger partial charge on any atom is -0.398 e. The van der Waals surface area contributed by atoms with Gasteiger partial charge in [-0.3, -0.25) is 0 Å². The molecule has 0 aliphatic heterocycles. The average Bonchev–Trinajstić information content (AvgIpc) is 2.21. The Morgan fingerprint density at radius 2 is 2.00 bits per heavy atom. The monoisotopic (exact) mass is 200 g/mol. The fourth-order valence-electron chi connectivity index (χ4n) is 1.26. The molecule has 0 heterocycles. The van der Waals surface area contributed by atoms with Crippen molar-refractivity contribution in [2.75, 3.05) is 12.3 Å². The average molecular weight is 200 g/mol. The molecule has 0 amide bonds. The van der Waals surface area contributed by atoms with E-state index in [0.717, 1.165) is 22.4 Å². The first-order valence-corrected chi connectivity index (χ1v) is 4.51. The molecule has 0 fully saturated rings. The number of hydrogen-bond donors (Lipinski definition) is 1. The van der Waals surface area contributed by atoms with Crippen molar-refractivity contribution < 1.29 is 0 Å². The first-order chi connectivity index (χ1) is 7.15. The fraction of sp³-hybridized carbons (Fsp3) is 0.273. The van der Waals surface area contributed by atoms with Crippen molar-refractivity contribution in [1.29, 1.82) is 0 Å². The number of anilines is 1. The molecule has 1 aromatic rings. The second-order valence-corrected chi connectivity index (χ2v) is 3.21. The van der Waals surface area contributed by atoms with Gasteiger partial charge in [0.2, 0.25) is 0 Å². The highest BCUT2D eigenvalue weighted by atomic mass is 15.1. The van der Waals surface area contributed by atoms with Gasteiger partial charge in [0.25, 0.3) is 0 Å². The third kappa shape index (κ3) is 2.94. The normalized spacial score (nSPS) is 8.67. The molecule has 0 bridgehead atoms. The fourth-order valence-corrected chi connectivity index (χ4v) is 1.26. The summed E-state index contributed by atoms with van der Waals surface area (Å²) in [5.41, 5.74) is 17.6. The molecule has 4 nitrogen and oxygen atoms in total. The Morgan fingerprint density at radius 1 is 1.40 bits per heavy atom. The van der Waals surface area contributed by atoms with Crippen LogP contribution < -0.4 is 5.73 Å². The topological polar surface area (TPSA) is 74.8 Å². The molecule has 1 aromatic carbocycles. The molecule has 2 N–H and O–H groups in total. The van der Waals surface area contributed by atoms with Gasteiger partial charge in [-0.1, -0.05) is 17.0 Å². The van der Waals surface area contributed by atoms with Crippen LogP contribution >= 0.6 is 0 Å². The number of nitrogens with zero attached hydrogens (tertiary/aromatic N) is 3. The van der Waals surface area contributed by atoms with Gasteiger partial charge >= 0.3 is 0 Å². The zero-order chi connectivity index (χ0) is 11.3. The van der Waals surface area contributed by atoms with Gasteiger partial charge in [0, 0.05) is 16.2 Å². The van der Waals surface area contributed by atoms with E-state index in [9.17, 15) is 0 Å². The van der Waals surface area contributed by atoms with Gasteiger partial charge in [0.1, 0.15) is 0 Å². The van der Waals surface area contributed by atoms with Gasteiger partial charge in [-0.2, -0.15) is 0 Å². The van der Waals surface area contributed by atoms with Crippen molar-refractivity contribution in [2.24, 2.45) is 5.11 Å². The number of nitrogen functional groups attached to an aromatic ring is 1. The summed E-state index contributed by atoms with van der Waals surface area (Å²) < 4.78 is 0. The second-order valence-electron chi connectivity index (χ2n) is 3.21. The smallest absolute Gasteiger partial charge is 0.0880 e. The Morgan fingerprint density at radius 3 is 2.53 bits per heavy atom. The number of benzene rings is 1. The van der Waals surface area contributed by atoms with Crippen molar-refractivity contribution >= 4 is 5.69 Å². The predicted molar refractivity (Wildman–Crippen MR) is 61.2 cm³/mol. The Balaban J connectivity index is 2.95. The molecule has 0 aliphatic carbocycles. The molecule has 15 heavy (non-hydrogen) atoms. The summed E-state index contributed by atoms with van der Waals surface area (Å²) in [6, 6.07) is 3.84. The van der Waals surface area contributed by atoms with E-state index in [2.05, 4.69) is 21.9 Å². The summed E-state index contributed by atoms with van der Waals surface area (Å²) in [5.74, 6) is 5.68. The molecule has 0 aromatic heterocycles. The minimum atomic E-state index is 0.193. The zero-order valence-corrected chi connectivity index (χ0v) is 8.78. The molecule has 4 heteroatoms. The SMILES string of the molecule is Cc1cc(C#CCN=[N+]=[N-])cc(C)c1N. The van der Waals surface area contributed by atoms with Crippen LogP contribution in [0.1, 0.15) is 16.7 Å². The Labute approximate surface area is 88.7 Å². The lowest BCUT2D eigenvalue weighted by Crippen LogP contribution is -1.94. The third-order valence-electron chi connectivity index (χ3n) is 2.04. The summed E-state index contributed by atoms with van der Waals surface area (Å²) in [5, 5.41) is 3.33. The van der Waals surface area contributed by atoms with E-state index in [4.69, 9.17) is 11.3 Å². The van der Waals surface area contributed by atoms with Gasteiger partial charge in [0.15, 0.2) is 0 Å². The predicted octanol–water partition coefficient (Wildman–Crippen LogP) is 2.55. The van der Waals surface area contributed by atoms with Crippen molar-refractivity contribution in [3.8, 4) is 11.8 Å². The van der Waals surface area contributed by atoms with E-state index in [1.54, 1.807) is 0 Å². The van der Waals surface area contributed by atoms with Crippen LogP contribution in [-0.4, -0.2) is 6.54 Å². The van der Waals surface area contributed by atoms with Crippen LogP contribution in [0, 0.1) is 25.7 Å². The van der Waals surface area contributed by atoms with E-state index in [0.29, 0.717) is 0 Å². The van der Waals surface area contributed by atoms with Crippen LogP contribution in [0.25, 0.3) is 10.4 Å². The lowest BCUT2D eigenvalue weighted by atomic mass is 10.1. The van der Waals surface area contributed by atoms with Crippen LogP contribution in [0.2, 0.25) is 0 Å². The lowest BCUT2D eigenvalue weighted by molar-refractivity contribution is 1.25. The van der Waals surface area contributed by atoms with Gasteiger partial charge in [0.05, 0.1) is 6.54 Å². The summed E-state index contributed by atoms with van der Waals surface area (Å²) in [6.07, 6.45) is 0. The van der Waals surface area contributed by atoms with Crippen LogP contribution in [0.5, 0.6) is 0 Å². The van der Waals surface area contributed by atoms with E-state index in [1.165, 1.54) is 0 Å². The van der Waals surface area contributed by atoms with Crippen LogP contribution in [0.4, 0.5) is 5.69 Å². The molecule has 76 valence electrons. The maximum Gasteiger partial charge on any atom is 0.0880 e. The summed E-state index contributed by atoms with van der Waals surface area (Å²) >= 11 is 0. The maximum absolute atomic E-state index is 8.06. The Bertz CT molecular complexity index is 450. The Kier molecular flexibility index (Phi) is 3.61. The quantitative estimate of drug-likeness (QED) is 0.244. The highest BCUT2D eigenvalue weighted by Gasteiger charge is 1.98. The summed E-state index contributed by atoms with van der Waals surface area (Å²) in [4.78, 5) is 2.62. The first kappa shape index (κ1) is 11.0. The van der Waals surface area contributed by atoms with E-state index >= 15 is 0 Å². The van der Waals surface area contributed by atoms with Crippen molar-refractivity contribution in [3.63, 3.8) is 0 Å². The molecular weight excluding hydrogens is 188 g/mol. The number of azide groups is 1.